The molecule has 0 aliphatic carbocycles. The van der Waals surface area contributed by atoms with Crippen LogP contribution >= 0.6 is 0 Å². The van der Waals surface area contributed by atoms with E-state index in [0.717, 1.165) is 6.54 Å². The number of nitrogens with one attached hydrogen (secondary N) is 1. The van der Waals surface area contributed by atoms with E-state index in [-0.39, 0.29) is 0 Å². The van der Waals surface area contributed by atoms with Crippen molar-refractivity contribution in [3.8, 4) is 0 Å². The molecule has 0 aliphatic heterocycles. The molecule has 1 rings (SSSR count). The van der Waals surface area contributed by atoms with Crippen molar-refractivity contribution in [2.45, 2.75) is 47.1 Å². The number of aryl methyl sites for hydroxylation is 1. The van der Waals surface area contributed by atoms with Crippen LogP contribution in [0.2, 0.25) is 0 Å². The van der Waals surface area contributed by atoms with Crippen molar-refractivity contribution < 1.29 is 0 Å². The fourth-order valence-corrected chi connectivity index (χ4v) is 2.07. The lowest BCUT2D eigenvalue weighted by Gasteiger charge is -2.29. The largest absolute Gasteiger partial charge is 0.310 e. The Labute approximate surface area is 106 Å². The van der Waals surface area contributed by atoms with Crippen LogP contribution < -0.4 is 5.32 Å². The van der Waals surface area contributed by atoms with E-state index in [1.807, 2.05) is 12.4 Å². The van der Waals surface area contributed by atoms with Gasteiger partial charge in [-0.05, 0) is 48.9 Å². The van der Waals surface area contributed by atoms with Crippen molar-refractivity contribution in [1.29, 1.82) is 0 Å². The maximum Gasteiger partial charge on any atom is 0.0366 e. The fourth-order valence-electron chi connectivity index (χ4n) is 2.07. The minimum absolute atomic E-state index is 0.420. The molecular formula is C15H26N2. The minimum atomic E-state index is 0.420. The molecule has 0 aromatic carbocycles. The van der Waals surface area contributed by atoms with Gasteiger partial charge in [-0.1, -0.05) is 27.7 Å². The molecule has 1 aromatic rings. The predicted molar refractivity (Wildman–Crippen MR) is 74.0 cm³/mol. The van der Waals surface area contributed by atoms with Crippen molar-refractivity contribution in [3.05, 3.63) is 29.6 Å². The number of nitrogens with zero attached hydrogens (tertiary/aromatic N) is 1. The lowest BCUT2D eigenvalue weighted by atomic mass is 9.85. The van der Waals surface area contributed by atoms with E-state index in [1.165, 1.54) is 17.5 Å². The fraction of sp³-hybridized carbons (Fsp3) is 0.667. The van der Waals surface area contributed by atoms with Gasteiger partial charge in [0, 0.05) is 18.4 Å². The Morgan fingerprint density at radius 3 is 2.53 bits per heavy atom. The molecule has 0 bridgehead atoms. The summed E-state index contributed by atoms with van der Waals surface area (Å²) in [4.78, 5) is 4.28. The predicted octanol–water partition coefficient (Wildman–Crippen LogP) is 3.72. The first kappa shape index (κ1) is 14.2. The van der Waals surface area contributed by atoms with Gasteiger partial charge in [0.15, 0.2) is 0 Å². The Morgan fingerprint density at radius 1 is 1.29 bits per heavy atom. The number of pyridine rings is 1. The first-order valence-electron chi connectivity index (χ1n) is 6.71. The summed E-state index contributed by atoms with van der Waals surface area (Å²) >= 11 is 0. The third kappa shape index (κ3) is 3.81. The van der Waals surface area contributed by atoms with Crippen LogP contribution in [0.5, 0.6) is 0 Å². The molecule has 2 heteroatoms. The second-order valence-corrected chi connectivity index (χ2v) is 5.27. The third-order valence-corrected chi connectivity index (χ3v) is 3.61. The average molecular weight is 234 g/mol. The SMILES string of the molecule is CCCNC(c1cnccc1C)C(C)C(C)C. The van der Waals surface area contributed by atoms with E-state index < -0.39 is 0 Å². The highest BCUT2D eigenvalue weighted by atomic mass is 14.9. The summed E-state index contributed by atoms with van der Waals surface area (Å²) < 4.78 is 0. The molecule has 0 amide bonds. The molecule has 17 heavy (non-hydrogen) atoms. The minimum Gasteiger partial charge on any atom is -0.310 e. The Kier molecular flexibility index (Phi) is 5.63. The van der Waals surface area contributed by atoms with Gasteiger partial charge in [-0.3, -0.25) is 4.98 Å². The molecule has 0 saturated carbocycles. The molecule has 1 N–H and O–H groups in total. The average Bonchev–Trinajstić information content (AvgIpc) is 2.31. The molecule has 0 radical (unpaired) electrons. The number of hydrogen-bond donors (Lipinski definition) is 1. The van der Waals surface area contributed by atoms with Crippen molar-refractivity contribution in [2.24, 2.45) is 11.8 Å². The second-order valence-electron chi connectivity index (χ2n) is 5.27. The smallest absolute Gasteiger partial charge is 0.0366 e. The van der Waals surface area contributed by atoms with Crippen LogP contribution in [0.1, 0.15) is 51.3 Å². The molecule has 2 atom stereocenters. The summed E-state index contributed by atoms with van der Waals surface area (Å²) in [7, 11) is 0. The van der Waals surface area contributed by atoms with E-state index in [2.05, 4.69) is 51.0 Å². The zero-order valence-corrected chi connectivity index (χ0v) is 11.8. The van der Waals surface area contributed by atoms with Crippen LogP contribution in [0, 0.1) is 18.8 Å². The van der Waals surface area contributed by atoms with Gasteiger partial charge in [-0.25, -0.2) is 0 Å². The summed E-state index contributed by atoms with van der Waals surface area (Å²) in [5, 5.41) is 3.67. The molecule has 0 fully saturated rings. The summed E-state index contributed by atoms with van der Waals surface area (Å²) in [6, 6.07) is 2.52. The lowest BCUT2D eigenvalue weighted by molar-refractivity contribution is 0.302. The maximum atomic E-state index is 4.28. The molecule has 0 aliphatic rings. The zero-order chi connectivity index (χ0) is 12.8. The first-order valence-corrected chi connectivity index (χ1v) is 6.71. The van der Waals surface area contributed by atoms with Crippen molar-refractivity contribution in [2.75, 3.05) is 6.54 Å². The van der Waals surface area contributed by atoms with Gasteiger partial charge in [-0.2, -0.15) is 0 Å². The summed E-state index contributed by atoms with van der Waals surface area (Å²) in [6.07, 6.45) is 5.05. The van der Waals surface area contributed by atoms with Crippen LogP contribution in [-0.2, 0) is 0 Å². The van der Waals surface area contributed by atoms with Crippen molar-refractivity contribution in [1.82, 2.24) is 10.3 Å². The maximum absolute atomic E-state index is 4.28. The summed E-state index contributed by atoms with van der Waals surface area (Å²) in [6.45, 7) is 12.3. The van der Waals surface area contributed by atoms with Gasteiger partial charge in [0.05, 0.1) is 0 Å². The van der Waals surface area contributed by atoms with Gasteiger partial charge in [-0.15, -0.1) is 0 Å². The highest BCUT2D eigenvalue weighted by Gasteiger charge is 2.22. The van der Waals surface area contributed by atoms with Crippen molar-refractivity contribution in [3.63, 3.8) is 0 Å². The van der Waals surface area contributed by atoms with Gasteiger partial charge in [0.1, 0.15) is 0 Å². The Morgan fingerprint density at radius 2 is 2.00 bits per heavy atom. The van der Waals surface area contributed by atoms with E-state index >= 15 is 0 Å². The van der Waals surface area contributed by atoms with E-state index in [1.54, 1.807) is 0 Å². The Hall–Kier alpha value is -0.890. The summed E-state index contributed by atoms with van der Waals surface area (Å²) in [5.41, 5.74) is 2.68. The van der Waals surface area contributed by atoms with Crippen LogP contribution in [-0.4, -0.2) is 11.5 Å². The molecule has 2 nitrogen and oxygen atoms in total. The number of hydrogen-bond acceptors (Lipinski definition) is 2. The van der Waals surface area contributed by atoms with Gasteiger partial charge in [0.25, 0.3) is 0 Å². The molecule has 1 heterocycles. The molecule has 1 aromatic heterocycles. The highest BCUT2D eigenvalue weighted by molar-refractivity contribution is 5.25. The van der Waals surface area contributed by atoms with Crippen LogP contribution in [0.4, 0.5) is 0 Å². The number of rotatable bonds is 6. The van der Waals surface area contributed by atoms with E-state index in [9.17, 15) is 0 Å². The van der Waals surface area contributed by atoms with Gasteiger partial charge < -0.3 is 5.32 Å². The number of aromatic nitrogens is 1. The summed E-state index contributed by atoms with van der Waals surface area (Å²) in [5.74, 6) is 1.29. The normalized spacial score (nSPS) is 14.9. The van der Waals surface area contributed by atoms with Crippen LogP contribution in [0.25, 0.3) is 0 Å². The quantitative estimate of drug-likeness (QED) is 0.811. The molecule has 96 valence electrons. The third-order valence-electron chi connectivity index (χ3n) is 3.61. The first-order chi connectivity index (χ1) is 8.07. The Bertz CT molecular complexity index is 333. The Balaban J connectivity index is 2.93. The van der Waals surface area contributed by atoms with E-state index in [4.69, 9.17) is 0 Å². The van der Waals surface area contributed by atoms with Crippen molar-refractivity contribution >= 4 is 0 Å². The second kappa shape index (κ2) is 6.75. The van der Waals surface area contributed by atoms with Gasteiger partial charge in [0.2, 0.25) is 0 Å². The highest BCUT2D eigenvalue weighted by Crippen LogP contribution is 2.29. The van der Waals surface area contributed by atoms with Crippen LogP contribution in [0.3, 0.4) is 0 Å². The molecule has 0 saturated heterocycles. The topological polar surface area (TPSA) is 24.9 Å². The molecular weight excluding hydrogens is 208 g/mol. The standard InChI is InChI=1S/C15H26N2/c1-6-8-17-15(13(5)11(2)3)14-10-16-9-7-12(14)4/h7,9-11,13,15,17H,6,8H2,1-5H3. The van der Waals surface area contributed by atoms with Gasteiger partial charge >= 0.3 is 0 Å². The van der Waals surface area contributed by atoms with E-state index in [0.29, 0.717) is 17.9 Å². The zero-order valence-electron chi connectivity index (χ0n) is 11.8. The molecule has 2 unspecified atom stereocenters. The van der Waals surface area contributed by atoms with Crippen LogP contribution in [0.15, 0.2) is 18.5 Å². The molecule has 0 spiro atoms. The monoisotopic (exact) mass is 234 g/mol. The lowest BCUT2D eigenvalue weighted by Crippen LogP contribution is -2.30.